The average Bonchev–Trinajstić information content (AvgIpc) is 1.89. The van der Waals surface area contributed by atoms with Gasteiger partial charge in [-0.2, -0.15) is 11.8 Å². The molecular weight excluding hydrogens is 148 g/mol. The molecule has 0 radical (unpaired) electrons. The van der Waals surface area contributed by atoms with Crippen molar-refractivity contribution in [3.8, 4) is 0 Å². The van der Waals surface area contributed by atoms with Crippen LogP contribution in [0.25, 0.3) is 0 Å². The highest BCUT2D eigenvalue weighted by Gasteiger charge is 1.96. The van der Waals surface area contributed by atoms with Gasteiger partial charge in [0.05, 0.1) is 6.67 Å². The summed E-state index contributed by atoms with van der Waals surface area (Å²) in [5.41, 5.74) is 5.09. The first-order valence-electron chi connectivity index (χ1n) is 3.35. The molecule has 0 aliphatic carbocycles. The molecule has 0 spiro atoms. The number of nitrogens with one attached hydrogen (secondary N) is 1. The van der Waals surface area contributed by atoms with Crippen molar-refractivity contribution >= 4 is 17.7 Å². The molecule has 0 rings (SSSR count). The molecule has 10 heavy (non-hydrogen) atoms. The van der Waals surface area contributed by atoms with Crippen molar-refractivity contribution in [3.63, 3.8) is 0 Å². The molecule has 0 saturated heterocycles. The first-order chi connectivity index (χ1) is 4.81. The second-order valence-corrected chi connectivity index (χ2v) is 3.14. The minimum absolute atomic E-state index is 0.0449. The Balaban J connectivity index is 3.05. The second kappa shape index (κ2) is 6.89. The molecule has 3 nitrogen and oxygen atoms in total. The van der Waals surface area contributed by atoms with Crippen molar-refractivity contribution in [2.75, 3.05) is 18.2 Å². The average molecular weight is 162 g/mol. The number of carbonyl (C=O) groups is 1. The summed E-state index contributed by atoms with van der Waals surface area (Å²) in [5, 5.41) is 2.53. The van der Waals surface area contributed by atoms with Crippen LogP contribution in [0.4, 0.5) is 0 Å². The van der Waals surface area contributed by atoms with Crippen LogP contribution in [0, 0.1) is 0 Å². The van der Waals surface area contributed by atoms with E-state index >= 15 is 0 Å². The maximum absolute atomic E-state index is 10.7. The van der Waals surface area contributed by atoms with Gasteiger partial charge >= 0.3 is 0 Å². The van der Waals surface area contributed by atoms with Gasteiger partial charge in [-0.15, -0.1) is 0 Å². The third-order valence-corrected chi connectivity index (χ3v) is 1.88. The molecule has 4 heteroatoms. The van der Waals surface area contributed by atoms with Crippen LogP contribution in [-0.2, 0) is 4.79 Å². The summed E-state index contributed by atoms with van der Waals surface area (Å²) in [7, 11) is 0. The topological polar surface area (TPSA) is 55.1 Å². The maximum atomic E-state index is 10.7. The van der Waals surface area contributed by atoms with Gasteiger partial charge in [-0.3, -0.25) is 4.79 Å². The molecule has 0 bridgehead atoms. The van der Waals surface area contributed by atoms with Crippen LogP contribution in [0.5, 0.6) is 0 Å². The maximum Gasteiger partial charge on any atom is 0.221 e. The Bertz CT molecular complexity index is 97.7. The summed E-state index contributed by atoms with van der Waals surface area (Å²) in [5.74, 6) is 2.00. The third kappa shape index (κ3) is 5.91. The third-order valence-electron chi connectivity index (χ3n) is 0.977. The van der Waals surface area contributed by atoms with Crippen LogP contribution in [0.1, 0.15) is 13.3 Å². The van der Waals surface area contributed by atoms with Gasteiger partial charge in [-0.1, -0.05) is 6.92 Å². The molecule has 0 atom stereocenters. The zero-order valence-corrected chi connectivity index (χ0v) is 7.04. The monoisotopic (exact) mass is 162 g/mol. The summed E-state index contributed by atoms with van der Waals surface area (Å²) in [6, 6.07) is 0. The summed E-state index contributed by atoms with van der Waals surface area (Å²) in [4.78, 5) is 10.7. The van der Waals surface area contributed by atoms with Crippen LogP contribution in [-0.4, -0.2) is 24.1 Å². The van der Waals surface area contributed by atoms with Crippen LogP contribution in [0.15, 0.2) is 0 Å². The van der Waals surface area contributed by atoms with Crippen molar-refractivity contribution < 1.29 is 4.79 Å². The summed E-state index contributed by atoms with van der Waals surface area (Å²) < 4.78 is 0. The van der Waals surface area contributed by atoms with Gasteiger partial charge < -0.3 is 11.1 Å². The van der Waals surface area contributed by atoms with Gasteiger partial charge in [0.15, 0.2) is 0 Å². The lowest BCUT2D eigenvalue weighted by Crippen LogP contribution is -2.29. The summed E-state index contributed by atoms with van der Waals surface area (Å²) >= 11 is 1.76. The lowest BCUT2D eigenvalue weighted by Gasteiger charge is -1.99. The minimum Gasteiger partial charge on any atom is -0.344 e. The van der Waals surface area contributed by atoms with Crippen LogP contribution in [0.2, 0.25) is 0 Å². The van der Waals surface area contributed by atoms with E-state index in [0.29, 0.717) is 6.42 Å². The van der Waals surface area contributed by atoms with Gasteiger partial charge in [0.1, 0.15) is 0 Å². The highest BCUT2D eigenvalue weighted by Crippen LogP contribution is 1.99. The van der Waals surface area contributed by atoms with Crippen LogP contribution in [0.3, 0.4) is 0 Å². The molecule has 0 heterocycles. The quantitative estimate of drug-likeness (QED) is 0.447. The lowest BCUT2D eigenvalue weighted by atomic mass is 10.5. The van der Waals surface area contributed by atoms with E-state index in [4.69, 9.17) is 5.73 Å². The minimum atomic E-state index is 0.0449. The molecule has 1 amide bonds. The molecule has 0 fully saturated rings. The second-order valence-electron chi connectivity index (χ2n) is 1.75. The molecule has 0 aromatic carbocycles. The number of hydrogen-bond donors (Lipinski definition) is 2. The molecule has 0 aromatic heterocycles. The van der Waals surface area contributed by atoms with E-state index in [1.807, 2.05) is 0 Å². The number of amides is 1. The SMILES string of the molecule is CCSCCC(=O)NCN. The van der Waals surface area contributed by atoms with Crippen LogP contribution >= 0.6 is 11.8 Å². The highest BCUT2D eigenvalue weighted by atomic mass is 32.2. The molecule has 0 aliphatic heterocycles. The van der Waals surface area contributed by atoms with Crippen molar-refractivity contribution in [2.24, 2.45) is 5.73 Å². The smallest absolute Gasteiger partial charge is 0.221 e. The Kier molecular flexibility index (Phi) is 6.74. The number of rotatable bonds is 5. The summed E-state index contributed by atoms with van der Waals surface area (Å²) in [6.07, 6.45) is 0.579. The van der Waals surface area contributed by atoms with E-state index in [-0.39, 0.29) is 12.6 Å². The Morgan fingerprint density at radius 2 is 2.40 bits per heavy atom. The lowest BCUT2D eigenvalue weighted by molar-refractivity contribution is -0.120. The van der Waals surface area contributed by atoms with Gasteiger partial charge in [0.25, 0.3) is 0 Å². The zero-order valence-electron chi connectivity index (χ0n) is 6.22. The van der Waals surface area contributed by atoms with Crippen molar-refractivity contribution in [1.82, 2.24) is 5.32 Å². The van der Waals surface area contributed by atoms with Crippen molar-refractivity contribution in [2.45, 2.75) is 13.3 Å². The number of thioether (sulfide) groups is 1. The van der Waals surface area contributed by atoms with Gasteiger partial charge in [0.2, 0.25) is 5.91 Å². The fourth-order valence-corrected chi connectivity index (χ4v) is 1.13. The van der Waals surface area contributed by atoms with E-state index < -0.39 is 0 Å². The Hall–Kier alpha value is -0.220. The van der Waals surface area contributed by atoms with Crippen LogP contribution < -0.4 is 11.1 Å². The van der Waals surface area contributed by atoms with E-state index in [1.54, 1.807) is 11.8 Å². The van der Waals surface area contributed by atoms with Gasteiger partial charge in [-0.25, -0.2) is 0 Å². The summed E-state index contributed by atoms with van der Waals surface area (Å²) in [6.45, 7) is 2.32. The fourth-order valence-electron chi connectivity index (χ4n) is 0.511. The van der Waals surface area contributed by atoms with E-state index in [1.165, 1.54) is 0 Å². The predicted molar refractivity (Wildman–Crippen MR) is 44.8 cm³/mol. The molecular formula is C6H14N2OS. The number of carbonyl (C=O) groups excluding carboxylic acids is 1. The largest absolute Gasteiger partial charge is 0.344 e. The predicted octanol–water partition coefficient (Wildman–Crippen LogP) is 0.162. The number of nitrogens with two attached hydrogens (primary N) is 1. The zero-order chi connectivity index (χ0) is 7.82. The number of hydrogen-bond acceptors (Lipinski definition) is 3. The molecule has 0 aliphatic rings. The standard InChI is InChI=1S/C6H14N2OS/c1-2-10-4-3-6(9)8-5-7/h2-5,7H2,1H3,(H,8,9). The Labute approximate surface area is 65.7 Å². The highest BCUT2D eigenvalue weighted by molar-refractivity contribution is 7.99. The Morgan fingerprint density at radius 3 is 2.90 bits per heavy atom. The van der Waals surface area contributed by atoms with E-state index in [9.17, 15) is 4.79 Å². The molecule has 0 aromatic rings. The first kappa shape index (κ1) is 9.78. The van der Waals surface area contributed by atoms with E-state index in [2.05, 4.69) is 12.2 Å². The van der Waals surface area contributed by atoms with E-state index in [0.717, 1.165) is 11.5 Å². The fraction of sp³-hybridized carbons (Fsp3) is 0.833. The van der Waals surface area contributed by atoms with Crippen molar-refractivity contribution in [3.05, 3.63) is 0 Å². The molecule has 3 N–H and O–H groups in total. The molecule has 60 valence electrons. The van der Waals surface area contributed by atoms with Crippen molar-refractivity contribution in [1.29, 1.82) is 0 Å². The molecule has 0 saturated carbocycles. The van der Waals surface area contributed by atoms with Gasteiger partial charge in [0, 0.05) is 12.2 Å². The van der Waals surface area contributed by atoms with Gasteiger partial charge in [-0.05, 0) is 5.75 Å². The first-order valence-corrected chi connectivity index (χ1v) is 4.51. The Morgan fingerprint density at radius 1 is 1.70 bits per heavy atom. The normalized spacial score (nSPS) is 9.40. The molecule has 0 unspecified atom stereocenters.